The molecule has 2 N–H and O–H groups in total. The van der Waals surface area contributed by atoms with Gasteiger partial charge in [0, 0.05) is 18.4 Å². The van der Waals surface area contributed by atoms with Crippen LogP contribution in [0.1, 0.15) is 42.6 Å². The summed E-state index contributed by atoms with van der Waals surface area (Å²) in [4.78, 5) is 24.9. The molecule has 0 saturated heterocycles. The van der Waals surface area contributed by atoms with Gasteiger partial charge in [-0.05, 0) is 43.5 Å². The Hall–Kier alpha value is -2.80. The SMILES string of the molecule is CC(NC(=O)C[C@@H]1C[C@@H]1c1nc2ccccc2[nH]1)c1nc2cc(F)ccc2s1. The van der Waals surface area contributed by atoms with E-state index in [1.807, 2.05) is 31.2 Å². The quantitative estimate of drug-likeness (QED) is 0.516. The lowest BCUT2D eigenvalue weighted by Gasteiger charge is -2.10. The van der Waals surface area contributed by atoms with Crippen molar-refractivity contribution in [2.75, 3.05) is 0 Å². The fraction of sp³-hybridized carbons (Fsp3) is 0.286. The largest absolute Gasteiger partial charge is 0.347 e. The van der Waals surface area contributed by atoms with Gasteiger partial charge in [0.05, 0.1) is 27.3 Å². The molecule has 0 radical (unpaired) electrons. The van der Waals surface area contributed by atoms with Gasteiger partial charge < -0.3 is 10.3 Å². The van der Waals surface area contributed by atoms with Crippen LogP contribution in [0, 0.1) is 11.7 Å². The Kier molecular flexibility index (Phi) is 4.12. The van der Waals surface area contributed by atoms with E-state index in [1.54, 1.807) is 6.07 Å². The normalized spacial score (nSPS) is 19.8. The Labute approximate surface area is 165 Å². The number of imidazole rings is 1. The second-order valence-electron chi connectivity index (χ2n) is 7.40. The number of hydrogen-bond donors (Lipinski definition) is 2. The number of rotatable bonds is 5. The van der Waals surface area contributed by atoms with Gasteiger partial charge in [-0.25, -0.2) is 14.4 Å². The van der Waals surface area contributed by atoms with Crippen LogP contribution in [0.5, 0.6) is 0 Å². The van der Waals surface area contributed by atoms with Crippen LogP contribution in [0.25, 0.3) is 21.3 Å². The zero-order valence-corrected chi connectivity index (χ0v) is 16.1. The number of carbonyl (C=O) groups excluding carboxylic acids is 1. The first-order valence-electron chi connectivity index (χ1n) is 9.37. The molecule has 0 spiro atoms. The molecular weight excluding hydrogens is 375 g/mol. The van der Waals surface area contributed by atoms with Gasteiger partial charge in [-0.15, -0.1) is 11.3 Å². The third kappa shape index (κ3) is 3.26. The van der Waals surface area contributed by atoms with E-state index in [-0.39, 0.29) is 17.8 Å². The van der Waals surface area contributed by atoms with Gasteiger partial charge in [0.25, 0.3) is 0 Å². The smallest absolute Gasteiger partial charge is 0.220 e. The first kappa shape index (κ1) is 17.3. The number of para-hydroxylation sites is 2. The molecule has 3 atom stereocenters. The van der Waals surface area contributed by atoms with Gasteiger partial charge in [-0.2, -0.15) is 0 Å². The molecule has 1 saturated carbocycles. The molecule has 28 heavy (non-hydrogen) atoms. The molecule has 5 nitrogen and oxygen atoms in total. The molecule has 5 rings (SSSR count). The summed E-state index contributed by atoms with van der Waals surface area (Å²) >= 11 is 1.48. The number of halogens is 1. The van der Waals surface area contributed by atoms with Crippen LogP contribution in [0.2, 0.25) is 0 Å². The number of hydrogen-bond acceptors (Lipinski definition) is 4. The van der Waals surface area contributed by atoms with Crippen molar-refractivity contribution in [2.24, 2.45) is 5.92 Å². The summed E-state index contributed by atoms with van der Waals surface area (Å²) in [6.45, 7) is 1.91. The van der Waals surface area contributed by atoms with E-state index < -0.39 is 0 Å². The molecule has 1 aliphatic rings. The topological polar surface area (TPSA) is 70.7 Å². The minimum atomic E-state index is -0.300. The monoisotopic (exact) mass is 394 g/mol. The van der Waals surface area contributed by atoms with Gasteiger partial charge in [-0.1, -0.05) is 12.1 Å². The maximum absolute atomic E-state index is 13.3. The molecule has 1 amide bonds. The van der Waals surface area contributed by atoms with Crippen LogP contribution < -0.4 is 5.32 Å². The van der Waals surface area contributed by atoms with E-state index >= 15 is 0 Å². The Morgan fingerprint density at radius 3 is 3.00 bits per heavy atom. The van der Waals surface area contributed by atoms with Crippen molar-refractivity contribution in [1.82, 2.24) is 20.3 Å². The summed E-state index contributed by atoms with van der Waals surface area (Å²) in [5.74, 6) is 1.32. The number of thiazole rings is 1. The number of benzene rings is 2. The Morgan fingerprint density at radius 1 is 1.29 bits per heavy atom. The lowest BCUT2D eigenvalue weighted by atomic mass is 10.2. The highest BCUT2D eigenvalue weighted by molar-refractivity contribution is 7.18. The molecule has 1 unspecified atom stereocenters. The minimum absolute atomic E-state index is 0.0153. The van der Waals surface area contributed by atoms with Crippen LogP contribution in [0.3, 0.4) is 0 Å². The molecule has 2 heterocycles. The highest BCUT2D eigenvalue weighted by Gasteiger charge is 2.41. The highest BCUT2D eigenvalue weighted by atomic mass is 32.1. The second kappa shape index (κ2) is 6.67. The van der Waals surface area contributed by atoms with E-state index in [9.17, 15) is 9.18 Å². The third-order valence-corrected chi connectivity index (χ3v) is 6.46. The van der Waals surface area contributed by atoms with Crippen LogP contribution in [0.15, 0.2) is 42.5 Å². The number of carbonyl (C=O) groups is 1. The van der Waals surface area contributed by atoms with Crippen molar-refractivity contribution >= 4 is 38.5 Å². The number of aromatic nitrogens is 3. The fourth-order valence-electron chi connectivity index (χ4n) is 3.66. The molecule has 1 aliphatic carbocycles. The van der Waals surface area contributed by atoms with Crippen molar-refractivity contribution in [3.8, 4) is 0 Å². The lowest BCUT2D eigenvalue weighted by Crippen LogP contribution is -2.26. The summed E-state index contributed by atoms with van der Waals surface area (Å²) in [5, 5.41) is 3.82. The summed E-state index contributed by atoms with van der Waals surface area (Å²) in [5.41, 5.74) is 2.63. The van der Waals surface area contributed by atoms with E-state index in [2.05, 4.69) is 20.3 Å². The average Bonchev–Trinajstić information content (AvgIpc) is 3.12. The van der Waals surface area contributed by atoms with Crippen LogP contribution >= 0.6 is 11.3 Å². The Bertz CT molecular complexity index is 1150. The van der Waals surface area contributed by atoms with Gasteiger partial charge in [0.2, 0.25) is 5.91 Å². The van der Waals surface area contributed by atoms with E-state index in [0.29, 0.717) is 23.8 Å². The average molecular weight is 394 g/mol. The zero-order valence-electron chi connectivity index (χ0n) is 15.3. The first-order valence-corrected chi connectivity index (χ1v) is 10.2. The predicted octanol–water partition coefficient (Wildman–Crippen LogP) is 4.68. The molecule has 2 aromatic heterocycles. The molecular formula is C21H19FN4OS. The second-order valence-corrected chi connectivity index (χ2v) is 8.46. The lowest BCUT2D eigenvalue weighted by molar-refractivity contribution is -0.122. The van der Waals surface area contributed by atoms with Gasteiger partial charge in [0.15, 0.2) is 0 Å². The van der Waals surface area contributed by atoms with Crippen molar-refractivity contribution in [1.29, 1.82) is 0 Å². The zero-order chi connectivity index (χ0) is 19.3. The minimum Gasteiger partial charge on any atom is -0.347 e. The standard InChI is InChI=1S/C21H19FN4OS/c1-11(21-26-17-10-13(22)6-7-18(17)28-21)23-19(27)9-12-8-14(12)20-24-15-4-2-3-5-16(15)25-20/h2-7,10-12,14H,8-9H2,1H3,(H,23,27)(H,24,25)/t11?,12-,14-/m0/s1. The summed E-state index contributed by atoms with van der Waals surface area (Å²) < 4.78 is 14.3. The molecule has 1 fully saturated rings. The maximum atomic E-state index is 13.3. The fourth-order valence-corrected chi connectivity index (χ4v) is 4.61. The molecule has 2 aromatic carbocycles. The number of nitrogens with zero attached hydrogens (tertiary/aromatic N) is 2. The molecule has 142 valence electrons. The van der Waals surface area contributed by atoms with Crippen LogP contribution in [-0.4, -0.2) is 20.9 Å². The van der Waals surface area contributed by atoms with E-state index in [0.717, 1.165) is 33.0 Å². The highest BCUT2D eigenvalue weighted by Crippen LogP contribution is 2.48. The summed E-state index contributed by atoms with van der Waals surface area (Å²) in [6.07, 6.45) is 1.45. The van der Waals surface area contributed by atoms with Crippen LogP contribution in [0.4, 0.5) is 4.39 Å². The Morgan fingerprint density at radius 2 is 2.14 bits per heavy atom. The van der Waals surface area contributed by atoms with E-state index in [4.69, 9.17) is 0 Å². The number of amides is 1. The number of nitrogens with one attached hydrogen (secondary N) is 2. The number of aromatic amines is 1. The van der Waals surface area contributed by atoms with Crippen molar-refractivity contribution in [3.63, 3.8) is 0 Å². The first-order chi connectivity index (χ1) is 13.6. The Balaban J connectivity index is 1.21. The van der Waals surface area contributed by atoms with Gasteiger partial charge in [-0.3, -0.25) is 4.79 Å². The van der Waals surface area contributed by atoms with Crippen LogP contribution in [-0.2, 0) is 4.79 Å². The predicted molar refractivity (Wildman–Crippen MR) is 108 cm³/mol. The van der Waals surface area contributed by atoms with Crippen molar-refractivity contribution in [3.05, 3.63) is 59.1 Å². The molecule has 0 bridgehead atoms. The van der Waals surface area contributed by atoms with Gasteiger partial charge >= 0.3 is 0 Å². The van der Waals surface area contributed by atoms with Gasteiger partial charge in [0.1, 0.15) is 16.6 Å². The summed E-state index contributed by atoms with van der Waals surface area (Å²) in [6, 6.07) is 12.3. The molecule has 4 aromatic rings. The van der Waals surface area contributed by atoms with E-state index in [1.165, 1.54) is 23.5 Å². The molecule has 7 heteroatoms. The maximum Gasteiger partial charge on any atom is 0.220 e. The number of fused-ring (bicyclic) bond motifs is 2. The third-order valence-electron chi connectivity index (χ3n) is 5.24. The molecule has 0 aliphatic heterocycles. The number of H-pyrrole nitrogens is 1. The van der Waals surface area contributed by atoms with Crippen molar-refractivity contribution in [2.45, 2.75) is 31.7 Å². The summed E-state index contributed by atoms with van der Waals surface area (Å²) in [7, 11) is 0. The van der Waals surface area contributed by atoms with Crippen molar-refractivity contribution < 1.29 is 9.18 Å².